The summed E-state index contributed by atoms with van der Waals surface area (Å²) in [4.78, 5) is 71.8. The van der Waals surface area contributed by atoms with Gasteiger partial charge in [0.15, 0.2) is 0 Å². The molecule has 0 spiro atoms. The number of nitrogens with one attached hydrogen (secondary N) is 3. The van der Waals surface area contributed by atoms with Crippen LogP contribution in [0.25, 0.3) is 0 Å². The minimum absolute atomic E-state index is 0.0234. The molecule has 1 rings (SSSR count). The number of benzene rings is 1. The van der Waals surface area contributed by atoms with Crippen molar-refractivity contribution < 1.29 is 44.1 Å². The molecule has 0 aliphatic carbocycles. The molecule has 4 amide bonds. The summed E-state index contributed by atoms with van der Waals surface area (Å²) in [6.45, 7) is 3.18. The Hall–Kier alpha value is -4.20. The van der Waals surface area contributed by atoms with Gasteiger partial charge in [-0.1, -0.05) is 26.0 Å². The van der Waals surface area contributed by atoms with Crippen LogP contribution in [0.15, 0.2) is 24.3 Å². The number of amides is 4. The summed E-state index contributed by atoms with van der Waals surface area (Å²) in [5, 5.41) is 34.8. The highest BCUT2D eigenvalue weighted by atomic mass is 16.4. The summed E-state index contributed by atoms with van der Waals surface area (Å²) in [5.41, 5.74) is 11.3. The van der Waals surface area contributed by atoms with Gasteiger partial charge in [0.1, 0.15) is 23.9 Å². The summed E-state index contributed by atoms with van der Waals surface area (Å²) in [6.07, 6.45) is -1.41. The smallest absolute Gasteiger partial charge is 0.326 e. The Bertz CT molecular complexity index is 997. The molecule has 0 saturated carbocycles. The van der Waals surface area contributed by atoms with Crippen molar-refractivity contribution in [3.05, 3.63) is 29.8 Å². The number of hydrogen-bond donors (Lipinski definition) is 8. The first-order chi connectivity index (χ1) is 17.2. The minimum Gasteiger partial charge on any atom is -0.508 e. The van der Waals surface area contributed by atoms with E-state index in [0.29, 0.717) is 5.56 Å². The summed E-state index contributed by atoms with van der Waals surface area (Å²) in [7, 11) is 0. The van der Waals surface area contributed by atoms with E-state index in [1.165, 1.54) is 24.3 Å². The fraction of sp³-hybridized carbons (Fsp3) is 0.478. The van der Waals surface area contributed by atoms with E-state index >= 15 is 0 Å². The van der Waals surface area contributed by atoms with Crippen LogP contribution in [0.1, 0.15) is 38.7 Å². The number of carbonyl (C=O) groups excluding carboxylic acids is 4. The molecule has 0 aliphatic rings. The van der Waals surface area contributed by atoms with Crippen molar-refractivity contribution in [3.8, 4) is 5.75 Å². The maximum Gasteiger partial charge on any atom is 0.326 e. The van der Waals surface area contributed by atoms with Gasteiger partial charge in [-0.2, -0.15) is 0 Å². The standard InChI is InChI=1S/C23H33N5O9/c1-11(2)19(22(35)26-15(23(36)37)7-8-18(31)32)28-21(34)16(9-12-3-5-13(29)6-4-12)27-20(33)14(24)10-17(25)30/h3-6,11,14-16,19,29H,7-10,24H2,1-2H3,(H2,25,30)(H,26,35)(H,27,33)(H,28,34)(H,31,32)(H,36,37). The lowest BCUT2D eigenvalue weighted by Gasteiger charge is -2.27. The van der Waals surface area contributed by atoms with Gasteiger partial charge in [0, 0.05) is 12.8 Å². The number of carbonyl (C=O) groups is 6. The zero-order valence-electron chi connectivity index (χ0n) is 20.5. The van der Waals surface area contributed by atoms with E-state index in [0.717, 1.165) is 0 Å². The number of phenols is 1. The van der Waals surface area contributed by atoms with Crippen molar-refractivity contribution in [2.24, 2.45) is 17.4 Å². The Morgan fingerprint density at radius 3 is 1.92 bits per heavy atom. The second-order valence-electron chi connectivity index (χ2n) is 8.77. The summed E-state index contributed by atoms with van der Waals surface area (Å²) in [5.74, 6) is -6.57. The number of primary amides is 1. The third-order valence-electron chi connectivity index (χ3n) is 5.28. The average Bonchev–Trinajstić information content (AvgIpc) is 2.79. The van der Waals surface area contributed by atoms with Crippen molar-refractivity contribution in [1.82, 2.24) is 16.0 Å². The number of carboxylic acids is 2. The number of aliphatic carboxylic acids is 2. The molecule has 1 aromatic rings. The molecule has 204 valence electrons. The average molecular weight is 524 g/mol. The van der Waals surface area contributed by atoms with Gasteiger partial charge in [0.25, 0.3) is 0 Å². The predicted molar refractivity (Wildman–Crippen MR) is 129 cm³/mol. The molecule has 0 heterocycles. The molecule has 0 fully saturated rings. The third kappa shape index (κ3) is 10.9. The monoisotopic (exact) mass is 523 g/mol. The van der Waals surface area contributed by atoms with Crippen molar-refractivity contribution in [2.45, 2.75) is 63.7 Å². The molecule has 14 heteroatoms. The van der Waals surface area contributed by atoms with E-state index in [9.17, 15) is 39.0 Å². The van der Waals surface area contributed by atoms with Gasteiger partial charge in [-0.3, -0.25) is 24.0 Å². The number of nitrogens with two attached hydrogens (primary N) is 2. The van der Waals surface area contributed by atoms with Gasteiger partial charge in [0.05, 0.1) is 12.5 Å². The molecular weight excluding hydrogens is 490 g/mol. The van der Waals surface area contributed by atoms with Crippen LogP contribution in [0.4, 0.5) is 0 Å². The van der Waals surface area contributed by atoms with Crippen molar-refractivity contribution in [2.75, 3.05) is 0 Å². The van der Waals surface area contributed by atoms with E-state index in [4.69, 9.17) is 16.6 Å². The second-order valence-corrected chi connectivity index (χ2v) is 8.77. The maximum absolute atomic E-state index is 13.2. The van der Waals surface area contributed by atoms with Crippen LogP contribution >= 0.6 is 0 Å². The minimum atomic E-state index is -1.50. The van der Waals surface area contributed by atoms with Crippen LogP contribution in [0, 0.1) is 5.92 Å². The highest BCUT2D eigenvalue weighted by molar-refractivity contribution is 5.95. The molecule has 1 aromatic carbocycles. The van der Waals surface area contributed by atoms with Crippen molar-refractivity contribution >= 4 is 35.6 Å². The molecular formula is C23H33N5O9. The first kappa shape index (κ1) is 30.8. The number of aromatic hydroxyl groups is 1. The number of carboxylic acid groups (broad SMARTS) is 2. The zero-order valence-corrected chi connectivity index (χ0v) is 20.5. The van der Waals surface area contributed by atoms with E-state index < -0.39 is 78.5 Å². The first-order valence-electron chi connectivity index (χ1n) is 11.4. The molecule has 4 unspecified atom stereocenters. The number of rotatable bonds is 15. The maximum atomic E-state index is 13.2. The first-order valence-corrected chi connectivity index (χ1v) is 11.4. The van der Waals surface area contributed by atoms with Gasteiger partial charge in [0.2, 0.25) is 23.6 Å². The van der Waals surface area contributed by atoms with E-state index in [-0.39, 0.29) is 18.6 Å². The van der Waals surface area contributed by atoms with Crippen molar-refractivity contribution in [3.63, 3.8) is 0 Å². The van der Waals surface area contributed by atoms with Gasteiger partial charge in [-0.15, -0.1) is 0 Å². The quantitative estimate of drug-likeness (QED) is 0.128. The molecule has 4 atom stereocenters. The Morgan fingerprint density at radius 1 is 0.865 bits per heavy atom. The van der Waals surface area contributed by atoms with Crippen LogP contribution in [-0.4, -0.2) is 75.1 Å². The van der Waals surface area contributed by atoms with Gasteiger partial charge in [-0.25, -0.2) is 4.79 Å². The Balaban J connectivity index is 3.10. The second kappa shape index (κ2) is 14.4. The lowest BCUT2D eigenvalue weighted by molar-refractivity contribution is -0.143. The summed E-state index contributed by atoms with van der Waals surface area (Å²) in [6, 6.07) is 0.431. The molecule has 0 aliphatic heterocycles. The van der Waals surface area contributed by atoms with E-state index in [1.807, 2.05) is 0 Å². The molecule has 10 N–H and O–H groups in total. The summed E-state index contributed by atoms with van der Waals surface area (Å²) < 4.78 is 0. The summed E-state index contributed by atoms with van der Waals surface area (Å²) >= 11 is 0. The van der Waals surface area contributed by atoms with E-state index in [2.05, 4.69) is 16.0 Å². The fourth-order valence-corrected chi connectivity index (χ4v) is 3.24. The lowest BCUT2D eigenvalue weighted by Crippen LogP contribution is -2.59. The number of hydrogen-bond acceptors (Lipinski definition) is 8. The van der Waals surface area contributed by atoms with Crippen LogP contribution in [0.5, 0.6) is 5.75 Å². The van der Waals surface area contributed by atoms with Crippen LogP contribution in [-0.2, 0) is 35.2 Å². The normalized spacial score (nSPS) is 14.1. The molecule has 0 radical (unpaired) electrons. The van der Waals surface area contributed by atoms with Crippen LogP contribution < -0.4 is 27.4 Å². The number of phenolic OH excluding ortho intramolecular Hbond substituents is 1. The molecule has 0 saturated heterocycles. The Labute approximate surface area is 212 Å². The highest BCUT2D eigenvalue weighted by Gasteiger charge is 2.32. The SMILES string of the molecule is CC(C)C(NC(=O)C(Cc1ccc(O)cc1)NC(=O)C(N)CC(N)=O)C(=O)NC(CCC(=O)O)C(=O)O. The third-order valence-corrected chi connectivity index (χ3v) is 5.28. The lowest BCUT2D eigenvalue weighted by atomic mass is 10.00. The van der Waals surface area contributed by atoms with Crippen LogP contribution in [0.2, 0.25) is 0 Å². The zero-order chi connectivity index (χ0) is 28.3. The fourth-order valence-electron chi connectivity index (χ4n) is 3.24. The van der Waals surface area contributed by atoms with E-state index in [1.54, 1.807) is 13.8 Å². The topological polar surface area (TPSA) is 251 Å². The molecule has 0 aromatic heterocycles. The largest absolute Gasteiger partial charge is 0.508 e. The van der Waals surface area contributed by atoms with Gasteiger partial charge >= 0.3 is 11.9 Å². The van der Waals surface area contributed by atoms with Gasteiger partial charge < -0.3 is 42.7 Å². The molecule has 37 heavy (non-hydrogen) atoms. The predicted octanol–water partition coefficient (Wildman–Crippen LogP) is -1.80. The molecule has 14 nitrogen and oxygen atoms in total. The van der Waals surface area contributed by atoms with Gasteiger partial charge in [-0.05, 0) is 30.0 Å². The van der Waals surface area contributed by atoms with Crippen LogP contribution in [0.3, 0.4) is 0 Å². The van der Waals surface area contributed by atoms with Crippen molar-refractivity contribution in [1.29, 1.82) is 0 Å². The Kier molecular flexibility index (Phi) is 12.0. The highest BCUT2D eigenvalue weighted by Crippen LogP contribution is 2.13. The Morgan fingerprint density at radius 2 is 1.43 bits per heavy atom. The molecule has 0 bridgehead atoms.